The van der Waals surface area contributed by atoms with Crippen LogP contribution in [0, 0.1) is 5.92 Å². The minimum atomic E-state index is 0.201. The second-order valence-corrected chi connectivity index (χ2v) is 10.4. The number of hydrogen-bond acceptors (Lipinski definition) is 4. The Morgan fingerprint density at radius 2 is 1.83 bits per heavy atom. The number of benzene rings is 1. The van der Waals surface area contributed by atoms with Crippen LogP contribution in [0.25, 0.3) is 0 Å². The Balaban J connectivity index is 1.71. The van der Waals surface area contributed by atoms with Crippen LogP contribution in [0.3, 0.4) is 0 Å². The van der Waals surface area contributed by atoms with Gasteiger partial charge in [0, 0.05) is 12.5 Å². The fourth-order valence-electron chi connectivity index (χ4n) is 5.15. The number of ether oxygens (including phenoxy) is 1. The van der Waals surface area contributed by atoms with Gasteiger partial charge >= 0.3 is 0 Å². The first-order valence-electron chi connectivity index (χ1n) is 12.5. The summed E-state index contributed by atoms with van der Waals surface area (Å²) in [5.74, 6) is 1.63. The van der Waals surface area contributed by atoms with Gasteiger partial charge in [-0.3, -0.25) is 4.99 Å². The highest BCUT2D eigenvalue weighted by Gasteiger charge is 2.53. The topological polar surface area (TPSA) is 28.1 Å². The molecule has 0 saturated carbocycles. The van der Waals surface area contributed by atoms with Gasteiger partial charge in [0.05, 0.1) is 5.71 Å². The first-order chi connectivity index (χ1) is 14.8. The van der Waals surface area contributed by atoms with Crippen molar-refractivity contribution in [1.82, 2.24) is 4.90 Å². The molecule has 0 N–H and O–H groups in total. The third kappa shape index (κ3) is 5.31. The molecule has 4 heteroatoms. The lowest BCUT2D eigenvalue weighted by Crippen LogP contribution is -2.35. The van der Waals surface area contributed by atoms with Crippen molar-refractivity contribution in [1.29, 1.82) is 0 Å². The second kappa shape index (κ2) is 11.2. The Hall–Kier alpha value is -0.840. The number of thioether (sulfide) groups is 1. The monoisotopic (exact) mass is 428 g/mol. The number of nitrogens with zero attached hydrogens (tertiary/aromatic N) is 2. The van der Waals surface area contributed by atoms with Crippen molar-refractivity contribution in [2.24, 2.45) is 10.9 Å². The maximum absolute atomic E-state index is 6.40. The van der Waals surface area contributed by atoms with Crippen LogP contribution in [-0.2, 0) is 11.2 Å². The summed E-state index contributed by atoms with van der Waals surface area (Å²) in [6.07, 6.45) is 14.8. The predicted octanol–water partition coefficient (Wildman–Crippen LogP) is 6.65. The number of rotatable bonds is 6. The summed E-state index contributed by atoms with van der Waals surface area (Å²) in [7, 11) is 0. The quantitative estimate of drug-likeness (QED) is 0.375. The SMILES string of the molecule is CCCCSC1N=C2c3ccccc3CCCCCCCCC2C2OC2N1CCC. The second-order valence-electron chi connectivity index (χ2n) is 9.22. The molecule has 0 spiro atoms. The highest BCUT2D eigenvalue weighted by atomic mass is 32.2. The van der Waals surface area contributed by atoms with E-state index >= 15 is 0 Å². The lowest BCUT2D eigenvalue weighted by atomic mass is 9.85. The molecule has 166 valence electrons. The molecule has 3 nitrogen and oxygen atoms in total. The fraction of sp³-hybridized carbons (Fsp3) is 0.731. The van der Waals surface area contributed by atoms with Crippen LogP contribution in [-0.4, -0.2) is 40.7 Å². The number of aryl methyl sites for hydroxylation is 1. The number of hydrogen-bond donors (Lipinski definition) is 0. The molecule has 2 aliphatic heterocycles. The Labute approximate surface area is 188 Å². The van der Waals surface area contributed by atoms with Crippen molar-refractivity contribution in [3.8, 4) is 0 Å². The third-order valence-corrected chi connectivity index (χ3v) is 8.06. The van der Waals surface area contributed by atoms with Gasteiger partial charge in [0.1, 0.15) is 12.3 Å². The summed E-state index contributed by atoms with van der Waals surface area (Å²) in [6, 6.07) is 9.11. The molecule has 2 heterocycles. The molecule has 1 fully saturated rings. The van der Waals surface area contributed by atoms with Gasteiger partial charge in [0.15, 0.2) is 5.50 Å². The summed E-state index contributed by atoms with van der Waals surface area (Å²) in [6.45, 7) is 5.64. The molecular formula is C26H40N2OS. The van der Waals surface area contributed by atoms with E-state index in [-0.39, 0.29) is 11.7 Å². The fourth-order valence-corrected chi connectivity index (χ4v) is 6.42. The Bertz CT molecular complexity index is 706. The standard InChI is InChI=1S/C26H40N2OS/c1-3-5-19-30-26-27-23-21-16-13-12-15-20(21)14-10-8-6-7-9-11-17-22(23)24-25(29-24)28(26)18-4-2/h12-13,15-16,22,24-26H,3-11,14,17-19H2,1-2H3. The van der Waals surface area contributed by atoms with Crippen LogP contribution >= 0.6 is 11.8 Å². The smallest absolute Gasteiger partial charge is 0.151 e. The zero-order valence-electron chi connectivity index (χ0n) is 19.0. The molecule has 1 aromatic carbocycles. The van der Waals surface area contributed by atoms with Crippen LogP contribution in [0.5, 0.6) is 0 Å². The lowest BCUT2D eigenvalue weighted by Gasteiger charge is -2.27. The molecule has 3 aliphatic rings. The van der Waals surface area contributed by atoms with Gasteiger partial charge in [-0.2, -0.15) is 0 Å². The summed E-state index contributed by atoms with van der Waals surface area (Å²) >= 11 is 2.03. The molecule has 1 aliphatic carbocycles. The minimum Gasteiger partial charge on any atom is -0.352 e. The zero-order chi connectivity index (χ0) is 20.8. The average Bonchev–Trinajstić information content (AvgIpc) is 3.54. The van der Waals surface area contributed by atoms with Crippen molar-refractivity contribution in [3.05, 3.63) is 35.4 Å². The number of fused-ring (bicyclic) bond motifs is 5. The van der Waals surface area contributed by atoms with Crippen molar-refractivity contribution >= 4 is 17.5 Å². The molecule has 30 heavy (non-hydrogen) atoms. The normalized spacial score (nSPS) is 30.0. The maximum Gasteiger partial charge on any atom is 0.151 e. The average molecular weight is 429 g/mol. The van der Waals surface area contributed by atoms with Crippen molar-refractivity contribution in [2.75, 3.05) is 12.3 Å². The Kier molecular flexibility index (Phi) is 8.31. The molecule has 4 rings (SSSR count). The van der Waals surface area contributed by atoms with Gasteiger partial charge in [-0.25, -0.2) is 4.90 Å². The van der Waals surface area contributed by atoms with E-state index in [0.717, 1.165) is 13.0 Å². The van der Waals surface area contributed by atoms with E-state index in [0.29, 0.717) is 12.0 Å². The van der Waals surface area contributed by atoms with E-state index in [1.54, 1.807) is 0 Å². The lowest BCUT2D eigenvalue weighted by molar-refractivity contribution is 0.163. The van der Waals surface area contributed by atoms with E-state index in [1.165, 1.54) is 86.8 Å². The van der Waals surface area contributed by atoms with Gasteiger partial charge in [0.25, 0.3) is 0 Å². The first kappa shape index (κ1) is 22.4. The molecule has 1 aromatic rings. The highest BCUT2D eigenvalue weighted by molar-refractivity contribution is 7.99. The van der Waals surface area contributed by atoms with E-state index < -0.39 is 0 Å². The minimum absolute atomic E-state index is 0.201. The van der Waals surface area contributed by atoms with Crippen LogP contribution in [0.15, 0.2) is 29.3 Å². The van der Waals surface area contributed by atoms with Crippen LogP contribution in [0.2, 0.25) is 0 Å². The highest BCUT2D eigenvalue weighted by Crippen LogP contribution is 2.43. The number of aliphatic imine (C=N–C) groups is 1. The van der Waals surface area contributed by atoms with Crippen molar-refractivity contribution < 1.29 is 4.74 Å². The largest absolute Gasteiger partial charge is 0.352 e. The van der Waals surface area contributed by atoms with E-state index in [9.17, 15) is 0 Å². The number of unbranched alkanes of at least 4 members (excludes halogenated alkanes) is 1. The molecule has 1 saturated heterocycles. The third-order valence-electron chi connectivity index (χ3n) is 6.86. The van der Waals surface area contributed by atoms with E-state index in [2.05, 4.69) is 43.0 Å². The summed E-state index contributed by atoms with van der Waals surface area (Å²) in [5.41, 5.74) is 4.47. The molecule has 4 atom stereocenters. The molecule has 0 radical (unpaired) electrons. The molecule has 0 bridgehead atoms. The number of epoxide rings is 1. The first-order valence-corrected chi connectivity index (χ1v) is 13.6. The van der Waals surface area contributed by atoms with Crippen LogP contribution in [0.1, 0.15) is 89.2 Å². The van der Waals surface area contributed by atoms with Gasteiger partial charge in [-0.05, 0) is 49.0 Å². The Morgan fingerprint density at radius 1 is 1.03 bits per heavy atom. The summed E-state index contributed by atoms with van der Waals surface area (Å²) in [4.78, 5) is 8.11. The molecule has 0 aromatic heterocycles. The summed E-state index contributed by atoms with van der Waals surface area (Å²) in [5, 5.41) is 0. The van der Waals surface area contributed by atoms with Crippen molar-refractivity contribution in [2.45, 2.75) is 102 Å². The zero-order valence-corrected chi connectivity index (χ0v) is 19.8. The van der Waals surface area contributed by atoms with Crippen LogP contribution < -0.4 is 0 Å². The maximum atomic E-state index is 6.40. The molecular weight excluding hydrogens is 388 g/mol. The molecule has 0 amide bonds. The van der Waals surface area contributed by atoms with Crippen molar-refractivity contribution in [3.63, 3.8) is 0 Å². The van der Waals surface area contributed by atoms with E-state index in [4.69, 9.17) is 9.73 Å². The van der Waals surface area contributed by atoms with Crippen LogP contribution in [0.4, 0.5) is 0 Å². The predicted molar refractivity (Wildman–Crippen MR) is 129 cm³/mol. The Morgan fingerprint density at radius 3 is 2.67 bits per heavy atom. The molecule has 4 unspecified atom stereocenters. The van der Waals surface area contributed by atoms with Gasteiger partial charge < -0.3 is 4.74 Å². The van der Waals surface area contributed by atoms with E-state index in [1.807, 2.05) is 11.8 Å². The summed E-state index contributed by atoms with van der Waals surface area (Å²) < 4.78 is 6.40. The van der Waals surface area contributed by atoms with Gasteiger partial charge in [-0.15, -0.1) is 11.8 Å². The van der Waals surface area contributed by atoms with Gasteiger partial charge in [0.2, 0.25) is 0 Å². The van der Waals surface area contributed by atoms with Gasteiger partial charge in [-0.1, -0.05) is 76.6 Å².